The van der Waals surface area contributed by atoms with Crippen LogP contribution in [-0.4, -0.2) is 24.3 Å². The Bertz CT molecular complexity index is 76.2. The SMILES string of the molecule is CCN(OC)C(C)(C)C.Cl. The number of nitrogens with zero attached hydrogens (tertiary/aromatic N) is 1. The molecule has 0 aromatic carbocycles. The van der Waals surface area contributed by atoms with E-state index in [2.05, 4.69) is 27.7 Å². The van der Waals surface area contributed by atoms with E-state index < -0.39 is 0 Å². The average molecular weight is 168 g/mol. The summed E-state index contributed by atoms with van der Waals surface area (Å²) >= 11 is 0. The van der Waals surface area contributed by atoms with Crippen LogP contribution in [0.5, 0.6) is 0 Å². The Morgan fingerprint density at radius 2 is 1.70 bits per heavy atom. The molecule has 0 bridgehead atoms. The van der Waals surface area contributed by atoms with Crippen LogP contribution in [0, 0.1) is 0 Å². The molecular formula is C7H18ClNO. The van der Waals surface area contributed by atoms with Crippen LogP contribution < -0.4 is 0 Å². The molecule has 0 saturated heterocycles. The summed E-state index contributed by atoms with van der Waals surface area (Å²) in [5.74, 6) is 0. The smallest absolute Gasteiger partial charge is 0.0575 e. The molecule has 0 heterocycles. The van der Waals surface area contributed by atoms with Crippen molar-refractivity contribution in [3.05, 3.63) is 0 Å². The van der Waals surface area contributed by atoms with Crippen LogP contribution in [0.15, 0.2) is 0 Å². The molecule has 0 N–H and O–H groups in total. The van der Waals surface area contributed by atoms with Gasteiger partial charge < -0.3 is 4.84 Å². The number of halogens is 1. The Morgan fingerprint density at radius 3 is 1.70 bits per heavy atom. The Balaban J connectivity index is 0. The van der Waals surface area contributed by atoms with Crippen molar-refractivity contribution in [1.82, 2.24) is 5.06 Å². The van der Waals surface area contributed by atoms with Crippen LogP contribution in [0.1, 0.15) is 27.7 Å². The van der Waals surface area contributed by atoms with E-state index in [9.17, 15) is 0 Å². The predicted molar refractivity (Wildman–Crippen MR) is 46.4 cm³/mol. The molecule has 10 heavy (non-hydrogen) atoms. The third-order valence-corrected chi connectivity index (χ3v) is 1.26. The minimum Gasteiger partial charge on any atom is -0.302 e. The molecule has 0 spiro atoms. The number of rotatable bonds is 2. The van der Waals surface area contributed by atoms with E-state index >= 15 is 0 Å². The molecule has 64 valence electrons. The first kappa shape index (κ1) is 12.8. The molecule has 0 aliphatic heterocycles. The topological polar surface area (TPSA) is 12.5 Å². The summed E-state index contributed by atoms with van der Waals surface area (Å²) in [6, 6.07) is 0. The van der Waals surface area contributed by atoms with E-state index in [0.29, 0.717) is 0 Å². The van der Waals surface area contributed by atoms with Gasteiger partial charge in [0.05, 0.1) is 7.11 Å². The fraction of sp³-hybridized carbons (Fsp3) is 1.00. The van der Waals surface area contributed by atoms with Gasteiger partial charge in [-0.2, -0.15) is 5.06 Å². The van der Waals surface area contributed by atoms with E-state index in [-0.39, 0.29) is 17.9 Å². The van der Waals surface area contributed by atoms with Crippen molar-refractivity contribution in [2.45, 2.75) is 33.2 Å². The van der Waals surface area contributed by atoms with Gasteiger partial charge in [-0.25, -0.2) is 0 Å². The lowest BCUT2D eigenvalue weighted by atomic mass is 10.1. The lowest BCUT2D eigenvalue weighted by Crippen LogP contribution is -2.40. The average Bonchev–Trinajstić information content (AvgIpc) is 1.65. The molecule has 0 aromatic heterocycles. The highest BCUT2D eigenvalue weighted by molar-refractivity contribution is 5.85. The highest BCUT2D eigenvalue weighted by atomic mass is 35.5. The van der Waals surface area contributed by atoms with Gasteiger partial charge in [-0.1, -0.05) is 6.92 Å². The molecular weight excluding hydrogens is 150 g/mol. The molecule has 0 atom stereocenters. The van der Waals surface area contributed by atoms with E-state index in [4.69, 9.17) is 4.84 Å². The Kier molecular flexibility index (Phi) is 6.35. The van der Waals surface area contributed by atoms with Gasteiger partial charge in [0, 0.05) is 12.1 Å². The second-order valence-electron chi connectivity index (χ2n) is 3.05. The first-order chi connectivity index (χ1) is 4.02. The summed E-state index contributed by atoms with van der Waals surface area (Å²) in [4.78, 5) is 5.10. The minimum atomic E-state index is 0. The summed E-state index contributed by atoms with van der Waals surface area (Å²) in [5.41, 5.74) is 0.128. The standard InChI is InChI=1S/C7H17NO.ClH/c1-6-8(9-5)7(2,3)4;/h6H2,1-5H3;1H. The maximum atomic E-state index is 5.10. The highest BCUT2D eigenvalue weighted by Crippen LogP contribution is 2.11. The van der Waals surface area contributed by atoms with Crippen molar-refractivity contribution in [2.24, 2.45) is 0 Å². The summed E-state index contributed by atoms with van der Waals surface area (Å²) in [6.07, 6.45) is 0. The van der Waals surface area contributed by atoms with Crippen molar-refractivity contribution in [2.75, 3.05) is 13.7 Å². The zero-order valence-corrected chi connectivity index (χ0v) is 8.29. The van der Waals surface area contributed by atoms with Crippen LogP contribution in [0.3, 0.4) is 0 Å². The van der Waals surface area contributed by atoms with Gasteiger partial charge in [-0.05, 0) is 20.8 Å². The quantitative estimate of drug-likeness (QED) is 0.584. The van der Waals surface area contributed by atoms with E-state index in [1.165, 1.54) is 0 Å². The minimum absolute atomic E-state index is 0. The Hall–Kier alpha value is 0.210. The van der Waals surface area contributed by atoms with E-state index in [1.54, 1.807) is 7.11 Å². The fourth-order valence-electron chi connectivity index (χ4n) is 0.877. The second kappa shape index (κ2) is 4.94. The molecule has 3 heteroatoms. The highest BCUT2D eigenvalue weighted by Gasteiger charge is 2.18. The van der Waals surface area contributed by atoms with Gasteiger partial charge in [0.15, 0.2) is 0 Å². The van der Waals surface area contributed by atoms with E-state index in [1.807, 2.05) is 5.06 Å². The lowest BCUT2D eigenvalue weighted by Gasteiger charge is -2.31. The molecule has 0 aliphatic rings. The van der Waals surface area contributed by atoms with Gasteiger partial charge >= 0.3 is 0 Å². The first-order valence-electron chi connectivity index (χ1n) is 3.34. The third kappa shape index (κ3) is 4.09. The van der Waals surface area contributed by atoms with Crippen LogP contribution >= 0.6 is 12.4 Å². The molecule has 0 radical (unpaired) electrons. The van der Waals surface area contributed by atoms with Crippen molar-refractivity contribution >= 4 is 12.4 Å². The molecule has 0 fully saturated rings. The number of hydrogen-bond donors (Lipinski definition) is 0. The maximum absolute atomic E-state index is 5.10. The zero-order chi connectivity index (χ0) is 7.49. The summed E-state index contributed by atoms with van der Waals surface area (Å²) < 4.78 is 0. The summed E-state index contributed by atoms with van der Waals surface area (Å²) in [7, 11) is 1.70. The molecule has 0 saturated carbocycles. The van der Waals surface area contributed by atoms with Gasteiger partial charge in [-0.15, -0.1) is 12.4 Å². The summed E-state index contributed by atoms with van der Waals surface area (Å²) in [5, 5.41) is 1.94. The fourth-order valence-corrected chi connectivity index (χ4v) is 0.877. The molecule has 0 aliphatic carbocycles. The largest absolute Gasteiger partial charge is 0.302 e. The van der Waals surface area contributed by atoms with Crippen molar-refractivity contribution in [3.63, 3.8) is 0 Å². The van der Waals surface area contributed by atoms with Crippen LogP contribution in [0.25, 0.3) is 0 Å². The van der Waals surface area contributed by atoms with Crippen molar-refractivity contribution < 1.29 is 4.84 Å². The summed E-state index contributed by atoms with van der Waals surface area (Å²) in [6.45, 7) is 9.38. The molecule has 2 nitrogen and oxygen atoms in total. The van der Waals surface area contributed by atoms with E-state index in [0.717, 1.165) is 6.54 Å². The van der Waals surface area contributed by atoms with Gasteiger partial charge in [0.2, 0.25) is 0 Å². The molecule has 0 rings (SSSR count). The maximum Gasteiger partial charge on any atom is 0.0575 e. The van der Waals surface area contributed by atoms with Crippen LogP contribution in [0.4, 0.5) is 0 Å². The van der Waals surface area contributed by atoms with Gasteiger partial charge in [-0.3, -0.25) is 0 Å². The zero-order valence-electron chi connectivity index (χ0n) is 7.47. The Labute approximate surface area is 69.9 Å². The Morgan fingerprint density at radius 1 is 1.30 bits per heavy atom. The predicted octanol–water partition coefficient (Wildman–Crippen LogP) is 2.09. The number of hydrogen-bond acceptors (Lipinski definition) is 2. The third-order valence-electron chi connectivity index (χ3n) is 1.26. The second-order valence-corrected chi connectivity index (χ2v) is 3.05. The molecule has 0 unspecified atom stereocenters. The van der Waals surface area contributed by atoms with Crippen LogP contribution in [-0.2, 0) is 4.84 Å². The van der Waals surface area contributed by atoms with Gasteiger partial charge in [0.25, 0.3) is 0 Å². The first-order valence-corrected chi connectivity index (χ1v) is 3.34. The molecule has 0 amide bonds. The van der Waals surface area contributed by atoms with Crippen molar-refractivity contribution in [1.29, 1.82) is 0 Å². The monoisotopic (exact) mass is 167 g/mol. The number of hydroxylamine groups is 2. The normalized spacial score (nSPS) is 11.4. The molecule has 0 aromatic rings. The van der Waals surface area contributed by atoms with Gasteiger partial charge in [0.1, 0.15) is 0 Å². The van der Waals surface area contributed by atoms with Crippen molar-refractivity contribution in [3.8, 4) is 0 Å². The lowest BCUT2D eigenvalue weighted by molar-refractivity contribution is -0.183. The van der Waals surface area contributed by atoms with Crippen LogP contribution in [0.2, 0.25) is 0 Å².